The third-order valence-electron chi connectivity index (χ3n) is 6.30. The molecule has 0 saturated carbocycles. The van der Waals surface area contributed by atoms with Crippen molar-refractivity contribution in [2.45, 2.75) is 26.9 Å². The smallest absolute Gasteiger partial charge is 0.247 e. The molecule has 0 atom stereocenters. The third-order valence-corrected chi connectivity index (χ3v) is 6.30. The molecule has 1 aliphatic rings. The van der Waals surface area contributed by atoms with Gasteiger partial charge in [0.05, 0.1) is 38.7 Å². The van der Waals surface area contributed by atoms with Crippen molar-refractivity contribution in [2.24, 2.45) is 0 Å². The fourth-order valence-corrected chi connectivity index (χ4v) is 4.54. The van der Waals surface area contributed by atoms with E-state index in [-0.39, 0.29) is 5.91 Å². The lowest BCUT2D eigenvalue weighted by atomic mass is 10.1. The van der Waals surface area contributed by atoms with Crippen molar-refractivity contribution in [3.63, 3.8) is 0 Å². The molecule has 0 aliphatic carbocycles. The van der Waals surface area contributed by atoms with Gasteiger partial charge in [-0.2, -0.15) is 5.10 Å². The van der Waals surface area contributed by atoms with Gasteiger partial charge in [-0.3, -0.25) is 4.79 Å². The maximum atomic E-state index is 13.0. The molecule has 5 rings (SSSR count). The molecule has 0 unspecified atom stereocenters. The van der Waals surface area contributed by atoms with Crippen molar-refractivity contribution in [3.8, 4) is 23.0 Å². The highest BCUT2D eigenvalue weighted by atomic mass is 16.5. The van der Waals surface area contributed by atoms with Crippen LogP contribution in [0.5, 0.6) is 11.5 Å². The van der Waals surface area contributed by atoms with Gasteiger partial charge in [-0.1, -0.05) is 23.8 Å². The molecule has 1 aliphatic heterocycles. The summed E-state index contributed by atoms with van der Waals surface area (Å²) in [5.74, 6) is 2.19. The number of benzene rings is 2. The molecular formula is C28H28N4O3. The van der Waals surface area contributed by atoms with E-state index in [1.807, 2.05) is 52.3 Å². The van der Waals surface area contributed by atoms with E-state index >= 15 is 0 Å². The standard InChI is InChI=1S/C28H28N4O3/c1-19-7-10-24(20(2)15-19)32-28(30-13-5-6-14-30)22-17-31(18-23(22)29-32)27(33)12-9-21-8-11-25(34-3)26(16-21)35-4/h5-16H,17-18H2,1-4H3. The number of ether oxygens (including phenoxy) is 2. The van der Waals surface area contributed by atoms with Gasteiger partial charge >= 0.3 is 0 Å². The van der Waals surface area contributed by atoms with Gasteiger partial charge in [0.15, 0.2) is 11.5 Å². The van der Waals surface area contributed by atoms with Crippen molar-refractivity contribution in [1.82, 2.24) is 19.2 Å². The molecule has 7 heteroatoms. The largest absolute Gasteiger partial charge is 0.493 e. The topological polar surface area (TPSA) is 61.5 Å². The zero-order chi connectivity index (χ0) is 24.5. The lowest BCUT2D eigenvalue weighted by molar-refractivity contribution is -0.126. The highest BCUT2D eigenvalue weighted by Crippen LogP contribution is 2.32. The molecule has 35 heavy (non-hydrogen) atoms. The number of methoxy groups -OCH3 is 2. The quantitative estimate of drug-likeness (QED) is 0.380. The van der Waals surface area contributed by atoms with Gasteiger partial charge in [0.1, 0.15) is 5.82 Å². The second-order valence-corrected chi connectivity index (χ2v) is 8.68. The van der Waals surface area contributed by atoms with Crippen LogP contribution in [0.2, 0.25) is 0 Å². The van der Waals surface area contributed by atoms with Gasteiger partial charge in [-0.25, -0.2) is 4.68 Å². The Morgan fingerprint density at radius 2 is 1.74 bits per heavy atom. The summed E-state index contributed by atoms with van der Waals surface area (Å²) in [4.78, 5) is 14.9. The van der Waals surface area contributed by atoms with E-state index in [0.717, 1.165) is 33.9 Å². The van der Waals surface area contributed by atoms with E-state index in [2.05, 4.69) is 36.6 Å². The Hall–Kier alpha value is -4.26. The molecule has 0 radical (unpaired) electrons. The van der Waals surface area contributed by atoms with Crippen molar-refractivity contribution in [2.75, 3.05) is 14.2 Å². The SMILES string of the molecule is COc1ccc(C=CC(=O)N2Cc3nn(-c4ccc(C)cc4C)c(-n4cccc4)c3C2)cc1OC. The Morgan fingerprint density at radius 1 is 0.971 bits per heavy atom. The molecule has 1 amide bonds. The molecule has 2 aromatic carbocycles. The molecule has 7 nitrogen and oxygen atoms in total. The number of aromatic nitrogens is 3. The first-order chi connectivity index (χ1) is 17.0. The van der Waals surface area contributed by atoms with Crippen LogP contribution in [0, 0.1) is 13.8 Å². The summed E-state index contributed by atoms with van der Waals surface area (Å²) >= 11 is 0. The minimum Gasteiger partial charge on any atom is -0.493 e. The van der Waals surface area contributed by atoms with Crippen LogP contribution in [0.1, 0.15) is 27.9 Å². The first-order valence-electron chi connectivity index (χ1n) is 11.5. The van der Waals surface area contributed by atoms with E-state index in [1.54, 1.807) is 26.4 Å². The second-order valence-electron chi connectivity index (χ2n) is 8.68. The Balaban J connectivity index is 1.42. The summed E-state index contributed by atoms with van der Waals surface area (Å²) in [7, 11) is 3.19. The maximum absolute atomic E-state index is 13.0. The molecule has 4 aromatic rings. The monoisotopic (exact) mass is 468 g/mol. The van der Waals surface area contributed by atoms with Crippen LogP contribution in [0.15, 0.2) is 67.0 Å². The Bertz CT molecular complexity index is 1420. The first-order valence-corrected chi connectivity index (χ1v) is 11.5. The predicted molar refractivity (Wildman–Crippen MR) is 135 cm³/mol. The zero-order valence-corrected chi connectivity index (χ0v) is 20.4. The Labute approximate surface area is 204 Å². The van der Waals surface area contributed by atoms with E-state index in [0.29, 0.717) is 24.6 Å². The molecule has 3 heterocycles. The lowest BCUT2D eigenvalue weighted by Gasteiger charge is -2.17. The summed E-state index contributed by atoms with van der Waals surface area (Å²) in [6, 6.07) is 15.9. The molecule has 2 aromatic heterocycles. The molecule has 0 spiro atoms. The van der Waals surface area contributed by atoms with Crippen molar-refractivity contribution >= 4 is 12.0 Å². The fourth-order valence-electron chi connectivity index (χ4n) is 4.54. The highest BCUT2D eigenvalue weighted by molar-refractivity contribution is 5.92. The van der Waals surface area contributed by atoms with Crippen LogP contribution in [-0.4, -0.2) is 39.4 Å². The van der Waals surface area contributed by atoms with Gasteiger partial charge in [-0.05, 0) is 61.4 Å². The van der Waals surface area contributed by atoms with Crippen LogP contribution in [0.3, 0.4) is 0 Å². The number of carbonyl (C=O) groups excluding carboxylic acids is 1. The summed E-state index contributed by atoms with van der Waals surface area (Å²) in [6.45, 7) is 5.16. The number of aryl methyl sites for hydroxylation is 2. The third kappa shape index (κ3) is 4.21. The van der Waals surface area contributed by atoms with Gasteiger partial charge in [-0.15, -0.1) is 0 Å². The molecule has 0 saturated heterocycles. The first kappa shape index (κ1) is 22.5. The van der Waals surface area contributed by atoms with Gasteiger partial charge < -0.3 is 18.9 Å². The van der Waals surface area contributed by atoms with E-state index in [4.69, 9.17) is 14.6 Å². The number of hydrogen-bond donors (Lipinski definition) is 0. The number of rotatable bonds is 6. The second kappa shape index (κ2) is 9.18. The molecule has 178 valence electrons. The van der Waals surface area contributed by atoms with Gasteiger partial charge in [0, 0.05) is 24.0 Å². The Kier molecular flexibility index (Phi) is 5.91. The van der Waals surface area contributed by atoms with E-state index in [1.165, 1.54) is 5.56 Å². The van der Waals surface area contributed by atoms with E-state index in [9.17, 15) is 4.79 Å². The van der Waals surface area contributed by atoms with Crippen LogP contribution in [-0.2, 0) is 17.9 Å². The van der Waals surface area contributed by atoms with Gasteiger partial charge in [0.25, 0.3) is 0 Å². The summed E-state index contributed by atoms with van der Waals surface area (Å²) in [6.07, 6.45) is 7.42. The summed E-state index contributed by atoms with van der Waals surface area (Å²) in [5, 5.41) is 4.95. The predicted octanol–water partition coefficient (Wildman–Crippen LogP) is 4.85. The van der Waals surface area contributed by atoms with Crippen LogP contribution >= 0.6 is 0 Å². The average molecular weight is 469 g/mol. The number of amides is 1. The number of nitrogens with zero attached hydrogens (tertiary/aromatic N) is 4. The van der Waals surface area contributed by atoms with Crippen molar-refractivity contribution in [1.29, 1.82) is 0 Å². The normalized spacial score (nSPS) is 12.9. The fraction of sp³-hybridized carbons (Fsp3) is 0.214. The van der Waals surface area contributed by atoms with Crippen molar-refractivity contribution in [3.05, 3.63) is 94.9 Å². The molecule has 0 fully saturated rings. The maximum Gasteiger partial charge on any atom is 0.247 e. The van der Waals surface area contributed by atoms with Crippen molar-refractivity contribution < 1.29 is 14.3 Å². The minimum absolute atomic E-state index is 0.0608. The van der Waals surface area contributed by atoms with Crippen LogP contribution in [0.25, 0.3) is 17.6 Å². The van der Waals surface area contributed by atoms with Crippen LogP contribution < -0.4 is 9.47 Å². The lowest BCUT2D eigenvalue weighted by Crippen LogP contribution is -2.24. The van der Waals surface area contributed by atoms with Crippen LogP contribution in [0.4, 0.5) is 0 Å². The summed E-state index contributed by atoms with van der Waals surface area (Å²) in [5.41, 5.74) is 6.26. The Morgan fingerprint density at radius 3 is 2.46 bits per heavy atom. The number of hydrogen-bond acceptors (Lipinski definition) is 4. The molecular weight excluding hydrogens is 440 g/mol. The zero-order valence-electron chi connectivity index (χ0n) is 20.4. The molecule has 0 bridgehead atoms. The summed E-state index contributed by atoms with van der Waals surface area (Å²) < 4.78 is 14.7. The van der Waals surface area contributed by atoms with E-state index < -0.39 is 0 Å². The number of carbonyl (C=O) groups is 1. The van der Waals surface area contributed by atoms with Gasteiger partial charge in [0.2, 0.25) is 5.91 Å². The minimum atomic E-state index is -0.0608. The highest BCUT2D eigenvalue weighted by Gasteiger charge is 2.31. The molecule has 0 N–H and O–H groups in total. The number of fused-ring (bicyclic) bond motifs is 1. The average Bonchev–Trinajstić information content (AvgIpc) is 3.59.